The van der Waals surface area contributed by atoms with Crippen LogP contribution in [0.4, 0.5) is 0 Å². The highest BCUT2D eigenvalue weighted by atomic mass is 16.5. The van der Waals surface area contributed by atoms with Gasteiger partial charge in [-0.15, -0.1) is 0 Å². The van der Waals surface area contributed by atoms with Gasteiger partial charge in [0.05, 0.1) is 6.61 Å². The maximum absolute atomic E-state index is 10.8. The number of benzene rings is 1. The molecule has 3 N–H and O–H groups in total. The first-order valence-corrected chi connectivity index (χ1v) is 6.38. The molecule has 4 nitrogen and oxygen atoms in total. The van der Waals surface area contributed by atoms with Crippen LogP contribution in [0.3, 0.4) is 0 Å². The topological polar surface area (TPSA) is 72.5 Å². The van der Waals surface area contributed by atoms with E-state index in [1.165, 1.54) is 12.5 Å². The third-order valence-corrected chi connectivity index (χ3v) is 3.10. The van der Waals surface area contributed by atoms with Crippen LogP contribution in [-0.4, -0.2) is 23.2 Å². The van der Waals surface area contributed by atoms with Gasteiger partial charge in [-0.05, 0) is 30.0 Å². The first kappa shape index (κ1) is 15.5. The smallest absolute Gasteiger partial charge is 0.323 e. The summed E-state index contributed by atoms with van der Waals surface area (Å²) in [6.07, 6.45) is 0.267. The van der Waals surface area contributed by atoms with Crippen molar-refractivity contribution < 1.29 is 14.6 Å². The van der Waals surface area contributed by atoms with Crippen LogP contribution < -0.4 is 10.5 Å². The summed E-state index contributed by atoms with van der Waals surface area (Å²) in [6, 6.07) is 7.84. The Morgan fingerprint density at radius 1 is 1.21 bits per heavy atom. The Hall–Kier alpha value is -1.55. The number of carbonyl (C=O) groups is 1. The number of hydrogen-bond donors (Lipinski definition) is 2. The molecule has 0 amide bonds. The summed E-state index contributed by atoms with van der Waals surface area (Å²) in [5.41, 5.74) is 5.72. The quantitative estimate of drug-likeness (QED) is 0.858. The molecule has 0 aliphatic heterocycles. The van der Waals surface area contributed by atoms with E-state index >= 15 is 0 Å². The van der Waals surface area contributed by atoms with Gasteiger partial charge in [0.15, 0.2) is 0 Å². The highest BCUT2D eigenvalue weighted by Crippen LogP contribution is 2.24. The molecular formula is C15H23NO3. The Bertz CT molecular complexity index is 430. The minimum Gasteiger partial charge on any atom is -0.494 e. The maximum Gasteiger partial charge on any atom is 0.323 e. The molecule has 1 aromatic carbocycles. The zero-order valence-electron chi connectivity index (χ0n) is 12.1. The van der Waals surface area contributed by atoms with Crippen LogP contribution in [0, 0.1) is 0 Å². The van der Waals surface area contributed by atoms with Gasteiger partial charge < -0.3 is 15.6 Å². The SMILES string of the molecule is CC(N)(CCOc1ccc(C(C)(C)C)cc1)C(=O)O. The highest BCUT2D eigenvalue weighted by Gasteiger charge is 2.27. The van der Waals surface area contributed by atoms with Crippen LogP contribution in [0.5, 0.6) is 5.75 Å². The number of nitrogens with two attached hydrogens (primary N) is 1. The Morgan fingerprint density at radius 2 is 1.74 bits per heavy atom. The third-order valence-electron chi connectivity index (χ3n) is 3.10. The molecule has 1 unspecified atom stereocenters. The van der Waals surface area contributed by atoms with Crippen molar-refractivity contribution in [2.24, 2.45) is 5.73 Å². The van der Waals surface area contributed by atoms with Crippen LogP contribution in [0.25, 0.3) is 0 Å². The van der Waals surface area contributed by atoms with Crippen molar-refractivity contribution in [3.8, 4) is 5.75 Å². The van der Waals surface area contributed by atoms with Crippen LogP contribution in [0.2, 0.25) is 0 Å². The molecule has 0 heterocycles. The summed E-state index contributed by atoms with van der Waals surface area (Å²) >= 11 is 0. The Balaban J connectivity index is 2.54. The first-order chi connectivity index (χ1) is 8.63. The van der Waals surface area contributed by atoms with Crippen molar-refractivity contribution >= 4 is 5.97 Å². The Morgan fingerprint density at radius 3 is 2.16 bits per heavy atom. The van der Waals surface area contributed by atoms with Gasteiger partial charge in [-0.3, -0.25) is 4.79 Å². The molecule has 4 heteroatoms. The van der Waals surface area contributed by atoms with Gasteiger partial charge >= 0.3 is 5.97 Å². The minimum absolute atomic E-state index is 0.109. The normalized spacial score (nSPS) is 14.8. The minimum atomic E-state index is -1.24. The summed E-state index contributed by atoms with van der Waals surface area (Å²) < 4.78 is 5.52. The predicted molar refractivity (Wildman–Crippen MR) is 75.5 cm³/mol. The second kappa shape index (κ2) is 5.61. The maximum atomic E-state index is 10.8. The van der Waals surface area contributed by atoms with E-state index < -0.39 is 11.5 Å². The van der Waals surface area contributed by atoms with E-state index in [1.54, 1.807) is 0 Å². The molecule has 0 radical (unpaired) electrons. The molecule has 0 fully saturated rings. The molecule has 0 aliphatic carbocycles. The molecule has 19 heavy (non-hydrogen) atoms. The fourth-order valence-corrected chi connectivity index (χ4v) is 1.54. The predicted octanol–water partition coefficient (Wildman–Crippen LogP) is 2.56. The standard InChI is InChI=1S/C15H23NO3/c1-14(2,3)11-5-7-12(8-6-11)19-10-9-15(4,16)13(17)18/h5-8H,9-10,16H2,1-4H3,(H,17,18). The Kier molecular flexibility index (Phi) is 4.58. The van der Waals surface area contributed by atoms with E-state index in [-0.39, 0.29) is 18.4 Å². The van der Waals surface area contributed by atoms with Crippen molar-refractivity contribution in [2.45, 2.75) is 45.1 Å². The van der Waals surface area contributed by atoms with Gasteiger partial charge in [0.1, 0.15) is 11.3 Å². The zero-order valence-corrected chi connectivity index (χ0v) is 12.1. The lowest BCUT2D eigenvalue weighted by Gasteiger charge is -2.20. The summed E-state index contributed by atoms with van der Waals surface area (Å²) in [5, 5.41) is 8.88. The van der Waals surface area contributed by atoms with E-state index in [4.69, 9.17) is 15.6 Å². The number of carboxylic acid groups (broad SMARTS) is 1. The van der Waals surface area contributed by atoms with Gasteiger partial charge in [0.25, 0.3) is 0 Å². The lowest BCUT2D eigenvalue weighted by atomic mass is 9.87. The zero-order chi connectivity index (χ0) is 14.7. The fraction of sp³-hybridized carbons (Fsp3) is 0.533. The van der Waals surface area contributed by atoms with Crippen molar-refractivity contribution in [2.75, 3.05) is 6.61 Å². The summed E-state index contributed by atoms with van der Waals surface area (Å²) in [5.74, 6) is -0.284. The molecule has 0 saturated heterocycles. The van der Waals surface area contributed by atoms with E-state index in [1.807, 2.05) is 24.3 Å². The van der Waals surface area contributed by atoms with Gasteiger partial charge in [0.2, 0.25) is 0 Å². The Labute approximate surface area is 114 Å². The van der Waals surface area contributed by atoms with E-state index in [0.717, 1.165) is 5.75 Å². The fourth-order valence-electron chi connectivity index (χ4n) is 1.54. The highest BCUT2D eigenvalue weighted by molar-refractivity contribution is 5.77. The molecule has 1 aromatic rings. The molecule has 0 aliphatic rings. The van der Waals surface area contributed by atoms with Crippen molar-refractivity contribution in [3.63, 3.8) is 0 Å². The molecule has 0 saturated carbocycles. The average Bonchev–Trinajstić information content (AvgIpc) is 2.28. The van der Waals surface area contributed by atoms with Gasteiger partial charge in [-0.25, -0.2) is 0 Å². The number of hydrogen-bond acceptors (Lipinski definition) is 3. The molecule has 1 rings (SSSR count). The van der Waals surface area contributed by atoms with E-state index in [0.29, 0.717) is 0 Å². The number of rotatable bonds is 5. The van der Waals surface area contributed by atoms with Crippen molar-refractivity contribution in [3.05, 3.63) is 29.8 Å². The van der Waals surface area contributed by atoms with Crippen LogP contribution >= 0.6 is 0 Å². The molecule has 106 valence electrons. The summed E-state index contributed by atoms with van der Waals surface area (Å²) in [4.78, 5) is 10.8. The molecule has 0 bridgehead atoms. The largest absolute Gasteiger partial charge is 0.494 e. The third kappa shape index (κ3) is 4.56. The second-order valence-electron chi connectivity index (χ2n) is 6.10. The monoisotopic (exact) mass is 265 g/mol. The van der Waals surface area contributed by atoms with Crippen LogP contribution in [0.1, 0.15) is 39.7 Å². The molecule has 1 atom stereocenters. The van der Waals surface area contributed by atoms with Crippen LogP contribution in [0.15, 0.2) is 24.3 Å². The summed E-state index contributed by atoms with van der Waals surface area (Å²) in [7, 11) is 0. The molecule has 0 aromatic heterocycles. The number of aliphatic carboxylic acids is 1. The number of ether oxygens (including phenoxy) is 1. The molecular weight excluding hydrogens is 242 g/mol. The molecule has 0 spiro atoms. The lowest BCUT2D eigenvalue weighted by Crippen LogP contribution is -2.45. The average molecular weight is 265 g/mol. The van der Waals surface area contributed by atoms with Crippen molar-refractivity contribution in [1.29, 1.82) is 0 Å². The van der Waals surface area contributed by atoms with Gasteiger partial charge in [-0.2, -0.15) is 0 Å². The van der Waals surface area contributed by atoms with Crippen LogP contribution in [-0.2, 0) is 10.2 Å². The van der Waals surface area contributed by atoms with Gasteiger partial charge in [0, 0.05) is 6.42 Å². The lowest BCUT2D eigenvalue weighted by molar-refractivity contribution is -0.143. The summed E-state index contributed by atoms with van der Waals surface area (Å²) in [6.45, 7) is 8.22. The number of carboxylic acids is 1. The van der Waals surface area contributed by atoms with Crippen molar-refractivity contribution in [1.82, 2.24) is 0 Å². The van der Waals surface area contributed by atoms with E-state index in [9.17, 15) is 4.79 Å². The first-order valence-electron chi connectivity index (χ1n) is 6.38. The second-order valence-corrected chi connectivity index (χ2v) is 6.10. The van der Waals surface area contributed by atoms with E-state index in [2.05, 4.69) is 20.8 Å². The van der Waals surface area contributed by atoms with Gasteiger partial charge in [-0.1, -0.05) is 32.9 Å².